The number of carbonyl (C=O) groups is 1. The van der Waals surface area contributed by atoms with E-state index < -0.39 is 0 Å². The molecule has 0 atom stereocenters. The largest absolute Gasteiger partial charge is 0.339 e. The van der Waals surface area contributed by atoms with Crippen molar-refractivity contribution in [2.75, 3.05) is 13.1 Å². The van der Waals surface area contributed by atoms with Gasteiger partial charge in [-0.1, -0.05) is 114 Å². The van der Waals surface area contributed by atoms with Gasteiger partial charge in [0.05, 0.1) is 0 Å². The lowest BCUT2D eigenvalue weighted by molar-refractivity contribution is -0.126. The molecule has 158 valence electrons. The first-order chi connectivity index (χ1) is 14.3. The molecule has 0 unspecified atom stereocenters. The van der Waals surface area contributed by atoms with Crippen molar-refractivity contribution in [3.63, 3.8) is 0 Å². The summed E-state index contributed by atoms with van der Waals surface area (Å²) in [5.74, 6) is 0.0566. The molecule has 2 rings (SSSR count). The molecule has 0 aliphatic heterocycles. The molecule has 0 spiro atoms. The highest BCUT2D eigenvalue weighted by Gasteiger charge is 2.11. The van der Waals surface area contributed by atoms with Gasteiger partial charge in [-0.05, 0) is 35.3 Å². The Balaban J connectivity index is 1.71. The minimum Gasteiger partial charge on any atom is -0.339 e. The summed E-state index contributed by atoms with van der Waals surface area (Å²) in [6, 6.07) is 14.9. The normalized spacial score (nSPS) is 10.9. The maximum Gasteiger partial charge on any atom is 0.245 e. The number of rotatable bonds is 15. The molecular formula is C27H39NO. The van der Waals surface area contributed by atoms with Crippen LogP contribution < -0.4 is 0 Å². The fourth-order valence-corrected chi connectivity index (χ4v) is 4.02. The number of nitrogens with zero attached hydrogens (tertiary/aromatic N) is 1. The number of benzene rings is 2. The SMILES string of the molecule is C=CC(=O)N(CCCCCCCCCCCC)CCc1cccc2ccccc12. The number of carbonyl (C=O) groups excluding carboxylic acids is 1. The summed E-state index contributed by atoms with van der Waals surface area (Å²) in [5, 5.41) is 2.56. The van der Waals surface area contributed by atoms with Crippen LogP contribution in [0.5, 0.6) is 0 Å². The Morgan fingerprint density at radius 2 is 1.45 bits per heavy atom. The molecule has 0 bridgehead atoms. The lowest BCUT2D eigenvalue weighted by atomic mass is 10.0. The van der Waals surface area contributed by atoms with Crippen molar-refractivity contribution in [2.45, 2.75) is 77.6 Å². The molecule has 0 aliphatic rings. The molecule has 0 fully saturated rings. The van der Waals surface area contributed by atoms with Gasteiger partial charge in [0.2, 0.25) is 5.91 Å². The molecule has 0 radical (unpaired) electrons. The predicted octanol–water partition coefficient (Wildman–Crippen LogP) is 7.32. The summed E-state index contributed by atoms with van der Waals surface area (Å²) in [6.07, 6.45) is 15.5. The van der Waals surface area contributed by atoms with Crippen molar-refractivity contribution < 1.29 is 4.79 Å². The second kappa shape index (κ2) is 14.0. The van der Waals surface area contributed by atoms with Crippen LogP contribution in [0.15, 0.2) is 55.1 Å². The van der Waals surface area contributed by atoms with Gasteiger partial charge >= 0.3 is 0 Å². The molecule has 2 aromatic carbocycles. The van der Waals surface area contributed by atoms with Crippen molar-refractivity contribution in [1.29, 1.82) is 0 Å². The van der Waals surface area contributed by atoms with Gasteiger partial charge in [0.15, 0.2) is 0 Å². The van der Waals surface area contributed by atoms with Crippen LogP contribution in [0.25, 0.3) is 10.8 Å². The summed E-state index contributed by atoms with van der Waals surface area (Å²) in [6.45, 7) is 7.56. The zero-order chi connectivity index (χ0) is 20.7. The van der Waals surface area contributed by atoms with Crippen LogP contribution in [-0.4, -0.2) is 23.9 Å². The van der Waals surface area contributed by atoms with Gasteiger partial charge in [-0.3, -0.25) is 4.79 Å². The van der Waals surface area contributed by atoms with E-state index in [-0.39, 0.29) is 5.91 Å². The molecule has 2 heteroatoms. The molecule has 0 aliphatic carbocycles. The van der Waals surface area contributed by atoms with Crippen LogP contribution in [-0.2, 0) is 11.2 Å². The highest BCUT2D eigenvalue weighted by Crippen LogP contribution is 2.19. The first-order valence-corrected chi connectivity index (χ1v) is 11.6. The van der Waals surface area contributed by atoms with Gasteiger partial charge in [-0.25, -0.2) is 0 Å². The fourth-order valence-electron chi connectivity index (χ4n) is 4.02. The quantitative estimate of drug-likeness (QED) is 0.229. The van der Waals surface area contributed by atoms with Crippen LogP contribution in [0.1, 0.15) is 76.7 Å². The minimum atomic E-state index is 0.0566. The second-order valence-corrected chi connectivity index (χ2v) is 8.10. The first kappa shape index (κ1) is 23.2. The molecule has 0 saturated carbocycles. The minimum absolute atomic E-state index is 0.0566. The van der Waals surface area contributed by atoms with E-state index in [9.17, 15) is 4.79 Å². The number of amides is 1. The van der Waals surface area contributed by atoms with Crippen LogP contribution in [0.2, 0.25) is 0 Å². The summed E-state index contributed by atoms with van der Waals surface area (Å²) < 4.78 is 0. The maximum absolute atomic E-state index is 12.3. The molecular weight excluding hydrogens is 354 g/mol. The van der Waals surface area contributed by atoms with E-state index >= 15 is 0 Å². The van der Waals surface area contributed by atoms with Crippen LogP contribution >= 0.6 is 0 Å². The van der Waals surface area contributed by atoms with Gasteiger partial charge in [-0.2, -0.15) is 0 Å². The van der Waals surface area contributed by atoms with E-state index in [0.29, 0.717) is 0 Å². The lowest BCUT2D eigenvalue weighted by Crippen LogP contribution is -2.32. The Morgan fingerprint density at radius 1 is 0.828 bits per heavy atom. The molecule has 0 aromatic heterocycles. The molecule has 0 heterocycles. The Hall–Kier alpha value is -2.09. The molecule has 1 amide bonds. The molecule has 0 saturated heterocycles. The Morgan fingerprint density at radius 3 is 2.14 bits per heavy atom. The highest BCUT2D eigenvalue weighted by atomic mass is 16.2. The molecule has 2 nitrogen and oxygen atoms in total. The van der Waals surface area contributed by atoms with Crippen molar-refractivity contribution in [3.8, 4) is 0 Å². The zero-order valence-electron chi connectivity index (χ0n) is 18.4. The second-order valence-electron chi connectivity index (χ2n) is 8.10. The van der Waals surface area contributed by atoms with E-state index in [4.69, 9.17) is 0 Å². The van der Waals surface area contributed by atoms with Gasteiger partial charge in [0.1, 0.15) is 0 Å². The fraction of sp³-hybridized carbons (Fsp3) is 0.519. The van der Waals surface area contributed by atoms with E-state index in [1.807, 2.05) is 4.90 Å². The van der Waals surface area contributed by atoms with Gasteiger partial charge in [0.25, 0.3) is 0 Å². The Kier molecular flexibility index (Phi) is 11.2. The molecule has 29 heavy (non-hydrogen) atoms. The number of unbranched alkanes of at least 4 members (excludes halogenated alkanes) is 9. The monoisotopic (exact) mass is 393 g/mol. The maximum atomic E-state index is 12.3. The van der Waals surface area contributed by atoms with Crippen LogP contribution in [0.4, 0.5) is 0 Å². The number of hydrogen-bond donors (Lipinski definition) is 0. The smallest absolute Gasteiger partial charge is 0.245 e. The van der Waals surface area contributed by atoms with Gasteiger partial charge < -0.3 is 4.90 Å². The Labute approximate surface area is 178 Å². The topological polar surface area (TPSA) is 20.3 Å². The zero-order valence-corrected chi connectivity index (χ0v) is 18.4. The molecule has 0 N–H and O–H groups in total. The lowest BCUT2D eigenvalue weighted by Gasteiger charge is -2.21. The number of fused-ring (bicyclic) bond motifs is 1. The Bertz CT molecular complexity index is 731. The third-order valence-electron chi connectivity index (χ3n) is 5.80. The van der Waals surface area contributed by atoms with E-state index in [2.05, 4.69) is 56.0 Å². The van der Waals surface area contributed by atoms with Gasteiger partial charge in [-0.15, -0.1) is 0 Å². The van der Waals surface area contributed by atoms with E-state index in [1.54, 1.807) is 0 Å². The summed E-state index contributed by atoms with van der Waals surface area (Å²) in [4.78, 5) is 14.3. The standard InChI is InChI=1S/C27H39NO/c1-3-5-6-7-8-9-10-11-12-15-22-28(27(29)4-2)23-21-25-19-16-18-24-17-13-14-20-26(24)25/h4,13-14,16-20H,2-3,5-12,15,21-23H2,1H3. The van der Waals surface area contributed by atoms with Crippen LogP contribution in [0.3, 0.4) is 0 Å². The van der Waals surface area contributed by atoms with Crippen molar-refractivity contribution in [3.05, 3.63) is 60.7 Å². The third-order valence-corrected chi connectivity index (χ3v) is 5.80. The summed E-state index contributed by atoms with van der Waals surface area (Å²) >= 11 is 0. The molecule has 2 aromatic rings. The average Bonchev–Trinajstić information content (AvgIpc) is 2.76. The van der Waals surface area contributed by atoms with Crippen molar-refractivity contribution in [2.24, 2.45) is 0 Å². The predicted molar refractivity (Wildman–Crippen MR) is 126 cm³/mol. The van der Waals surface area contributed by atoms with Gasteiger partial charge in [0, 0.05) is 13.1 Å². The summed E-state index contributed by atoms with van der Waals surface area (Å²) in [5.41, 5.74) is 1.31. The van der Waals surface area contributed by atoms with E-state index in [0.717, 1.165) is 25.9 Å². The average molecular weight is 394 g/mol. The van der Waals surface area contributed by atoms with Crippen molar-refractivity contribution >= 4 is 16.7 Å². The highest BCUT2D eigenvalue weighted by molar-refractivity contribution is 5.87. The van der Waals surface area contributed by atoms with Crippen molar-refractivity contribution in [1.82, 2.24) is 4.90 Å². The van der Waals surface area contributed by atoms with Crippen LogP contribution in [0, 0.1) is 0 Å². The third kappa shape index (κ3) is 8.43. The first-order valence-electron chi connectivity index (χ1n) is 11.6. The number of hydrogen-bond acceptors (Lipinski definition) is 1. The van der Waals surface area contributed by atoms with E-state index in [1.165, 1.54) is 80.2 Å². The summed E-state index contributed by atoms with van der Waals surface area (Å²) in [7, 11) is 0.